The van der Waals surface area contributed by atoms with Crippen LogP contribution in [0.5, 0.6) is 0 Å². The van der Waals surface area contributed by atoms with Gasteiger partial charge in [-0.3, -0.25) is 0 Å². The van der Waals surface area contributed by atoms with Crippen LogP contribution in [0.3, 0.4) is 0 Å². The van der Waals surface area contributed by atoms with Gasteiger partial charge in [0.05, 0.1) is 14.2 Å². The smallest absolute Gasteiger partial charge is 0.0740 e. The Balaban J connectivity index is 3.93. The van der Waals surface area contributed by atoms with Gasteiger partial charge in [0.1, 0.15) is 0 Å². The lowest BCUT2D eigenvalue weighted by Gasteiger charge is -2.13. The van der Waals surface area contributed by atoms with Crippen molar-refractivity contribution < 1.29 is 5.11 Å². The molecule has 0 aromatic heterocycles. The first-order valence-corrected chi connectivity index (χ1v) is 7.78. The van der Waals surface area contributed by atoms with Crippen LogP contribution in [-0.2, 0) is 0 Å². The molecular formula is C9H20OSi. The second-order valence-corrected chi connectivity index (χ2v) is 9.53. The van der Waals surface area contributed by atoms with Gasteiger partial charge in [0, 0.05) is 0 Å². The molecule has 1 nitrogen and oxygen atoms in total. The highest BCUT2D eigenvalue weighted by Gasteiger charge is 2.10. The van der Waals surface area contributed by atoms with Crippen molar-refractivity contribution in [2.45, 2.75) is 39.6 Å². The number of hydrogen-bond donors (Lipinski definition) is 1. The van der Waals surface area contributed by atoms with E-state index < -0.39 is 8.07 Å². The fourth-order valence-electron chi connectivity index (χ4n) is 0.609. The van der Waals surface area contributed by atoms with Gasteiger partial charge in [0.25, 0.3) is 0 Å². The third-order valence-corrected chi connectivity index (χ3v) is 2.67. The lowest BCUT2D eigenvalue weighted by Crippen LogP contribution is -2.19. The Labute approximate surface area is 71.1 Å². The molecule has 0 fully saturated rings. The largest absolute Gasteiger partial charge is 0.389 e. The van der Waals surface area contributed by atoms with Crippen LogP contribution in [0.1, 0.15) is 13.8 Å². The minimum Gasteiger partial charge on any atom is -0.389 e. The molecule has 66 valence electrons. The van der Waals surface area contributed by atoms with E-state index in [1.165, 1.54) is 0 Å². The van der Waals surface area contributed by atoms with Crippen molar-refractivity contribution in [3.05, 3.63) is 11.8 Å². The predicted molar refractivity (Wildman–Crippen MR) is 53.3 cm³/mol. The summed E-state index contributed by atoms with van der Waals surface area (Å²) in [6.45, 7) is 10.8. The van der Waals surface area contributed by atoms with Gasteiger partial charge in [-0.1, -0.05) is 45.3 Å². The first-order valence-electron chi connectivity index (χ1n) is 4.20. The summed E-state index contributed by atoms with van der Waals surface area (Å²) < 4.78 is 0. The molecule has 11 heavy (non-hydrogen) atoms. The summed E-state index contributed by atoms with van der Waals surface area (Å²) in [5.74, 6) is 0.336. The molecule has 0 spiro atoms. The van der Waals surface area contributed by atoms with Crippen LogP contribution in [0, 0.1) is 5.92 Å². The van der Waals surface area contributed by atoms with E-state index in [-0.39, 0.29) is 6.10 Å². The maximum absolute atomic E-state index is 9.43. The van der Waals surface area contributed by atoms with Crippen LogP contribution in [-0.4, -0.2) is 19.3 Å². The third kappa shape index (κ3) is 6.32. The fourth-order valence-corrected chi connectivity index (χ4v) is 1.38. The standard InChI is InChI=1S/C9H20OSi/c1-8(2)9(10)6-7-11(3,4)5/h6-10H,1-5H3. The monoisotopic (exact) mass is 172 g/mol. The molecule has 0 amide bonds. The quantitative estimate of drug-likeness (QED) is 0.648. The first kappa shape index (κ1) is 10.9. The van der Waals surface area contributed by atoms with Crippen molar-refractivity contribution in [2.75, 3.05) is 0 Å². The molecule has 1 atom stereocenters. The molecule has 0 aromatic carbocycles. The Morgan fingerprint density at radius 1 is 1.18 bits per heavy atom. The molecule has 1 unspecified atom stereocenters. The summed E-state index contributed by atoms with van der Waals surface area (Å²) in [6, 6.07) is 0. The summed E-state index contributed by atoms with van der Waals surface area (Å²) in [5.41, 5.74) is 2.19. The SMILES string of the molecule is CC(C)C(O)C=C[Si](C)(C)C. The molecule has 0 radical (unpaired) electrons. The minimum absolute atomic E-state index is 0.262. The molecule has 0 saturated heterocycles. The van der Waals surface area contributed by atoms with Crippen molar-refractivity contribution in [3.63, 3.8) is 0 Å². The highest BCUT2D eigenvalue weighted by molar-refractivity contribution is 6.80. The molecule has 0 heterocycles. The average Bonchev–Trinajstić information content (AvgIpc) is 1.80. The van der Waals surface area contributed by atoms with Gasteiger partial charge >= 0.3 is 0 Å². The topological polar surface area (TPSA) is 20.2 Å². The number of hydrogen-bond acceptors (Lipinski definition) is 1. The fraction of sp³-hybridized carbons (Fsp3) is 0.778. The van der Waals surface area contributed by atoms with Crippen molar-refractivity contribution in [1.29, 1.82) is 0 Å². The number of rotatable bonds is 3. The molecule has 2 heteroatoms. The summed E-state index contributed by atoms with van der Waals surface area (Å²) in [6.07, 6.45) is 1.68. The Hall–Kier alpha value is -0.0831. The maximum Gasteiger partial charge on any atom is 0.0740 e. The Bertz CT molecular complexity index is 133. The maximum atomic E-state index is 9.43. The van der Waals surface area contributed by atoms with Crippen LogP contribution in [0.15, 0.2) is 11.8 Å². The predicted octanol–water partition coefficient (Wildman–Crippen LogP) is 2.44. The summed E-state index contributed by atoms with van der Waals surface area (Å²) in [4.78, 5) is 0. The molecule has 0 saturated carbocycles. The van der Waals surface area contributed by atoms with Crippen molar-refractivity contribution in [3.8, 4) is 0 Å². The van der Waals surface area contributed by atoms with E-state index in [1.807, 2.05) is 19.9 Å². The van der Waals surface area contributed by atoms with E-state index in [2.05, 4.69) is 25.3 Å². The van der Waals surface area contributed by atoms with E-state index >= 15 is 0 Å². The van der Waals surface area contributed by atoms with Gasteiger partial charge < -0.3 is 5.11 Å². The molecule has 1 N–H and O–H groups in total. The third-order valence-electron chi connectivity index (χ3n) is 1.48. The zero-order valence-corrected chi connectivity index (χ0v) is 9.26. The molecular weight excluding hydrogens is 152 g/mol. The summed E-state index contributed by atoms with van der Waals surface area (Å²) >= 11 is 0. The van der Waals surface area contributed by atoms with Gasteiger partial charge in [-0.05, 0) is 5.92 Å². The molecule has 0 aliphatic rings. The first-order chi connectivity index (χ1) is 4.83. The Morgan fingerprint density at radius 2 is 1.64 bits per heavy atom. The van der Waals surface area contributed by atoms with Crippen LogP contribution >= 0.6 is 0 Å². The lowest BCUT2D eigenvalue weighted by atomic mass is 10.1. The average molecular weight is 172 g/mol. The molecule has 0 rings (SSSR count). The van der Waals surface area contributed by atoms with Gasteiger partial charge in [0.15, 0.2) is 0 Å². The zero-order chi connectivity index (χ0) is 9.07. The van der Waals surface area contributed by atoms with E-state index in [1.54, 1.807) is 0 Å². The normalized spacial score (nSPS) is 16.3. The lowest BCUT2D eigenvalue weighted by molar-refractivity contribution is 0.172. The second kappa shape index (κ2) is 4.07. The zero-order valence-electron chi connectivity index (χ0n) is 8.26. The van der Waals surface area contributed by atoms with Crippen LogP contribution in [0.25, 0.3) is 0 Å². The number of aliphatic hydroxyl groups excluding tert-OH is 1. The highest BCUT2D eigenvalue weighted by atomic mass is 28.3. The van der Waals surface area contributed by atoms with E-state index in [4.69, 9.17) is 0 Å². The summed E-state index contributed by atoms with van der Waals surface area (Å²) in [5, 5.41) is 9.43. The molecule has 0 aliphatic carbocycles. The van der Waals surface area contributed by atoms with Gasteiger partial charge in [-0.25, -0.2) is 0 Å². The van der Waals surface area contributed by atoms with E-state index in [0.717, 1.165) is 0 Å². The minimum atomic E-state index is -1.11. The highest BCUT2D eigenvalue weighted by Crippen LogP contribution is 2.07. The van der Waals surface area contributed by atoms with Crippen molar-refractivity contribution in [2.24, 2.45) is 5.92 Å². The Morgan fingerprint density at radius 3 is 1.91 bits per heavy atom. The van der Waals surface area contributed by atoms with Crippen molar-refractivity contribution >= 4 is 8.07 Å². The van der Waals surface area contributed by atoms with Crippen LogP contribution in [0.4, 0.5) is 0 Å². The van der Waals surface area contributed by atoms with Crippen molar-refractivity contribution in [1.82, 2.24) is 0 Å². The van der Waals surface area contributed by atoms with E-state index in [0.29, 0.717) is 5.92 Å². The van der Waals surface area contributed by atoms with Crippen LogP contribution < -0.4 is 0 Å². The summed E-state index contributed by atoms with van der Waals surface area (Å²) in [7, 11) is -1.11. The van der Waals surface area contributed by atoms with Gasteiger partial charge in [-0.15, -0.1) is 0 Å². The second-order valence-electron chi connectivity index (χ2n) is 4.46. The molecule has 0 aliphatic heterocycles. The number of aliphatic hydroxyl groups is 1. The molecule has 0 bridgehead atoms. The molecule has 0 aromatic rings. The van der Waals surface area contributed by atoms with E-state index in [9.17, 15) is 5.11 Å². The Kier molecular flexibility index (Phi) is 4.04. The van der Waals surface area contributed by atoms with Gasteiger partial charge in [0.2, 0.25) is 0 Å². The van der Waals surface area contributed by atoms with Gasteiger partial charge in [-0.2, -0.15) is 0 Å². The van der Waals surface area contributed by atoms with Crippen LogP contribution in [0.2, 0.25) is 19.6 Å².